The summed E-state index contributed by atoms with van der Waals surface area (Å²) < 4.78 is 16.1. The van der Waals surface area contributed by atoms with Crippen molar-refractivity contribution < 1.29 is 14.2 Å². The molecule has 4 nitrogen and oxygen atoms in total. The number of hydrogen-bond donors (Lipinski definition) is 1. The van der Waals surface area contributed by atoms with Crippen molar-refractivity contribution in [2.45, 2.75) is 37.1 Å². The van der Waals surface area contributed by atoms with Gasteiger partial charge in [-0.2, -0.15) is 11.8 Å². The summed E-state index contributed by atoms with van der Waals surface area (Å²) in [6, 6.07) is 4.47. The lowest BCUT2D eigenvalue weighted by Gasteiger charge is -2.17. The van der Waals surface area contributed by atoms with Crippen molar-refractivity contribution >= 4 is 11.8 Å². The van der Waals surface area contributed by atoms with Crippen LogP contribution < -0.4 is 19.5 Å². The molecular weight excluding hydrogens is 286 g/mol. The Morgan fingerprint density at radius 2 is 1.71 bits per heavy atom. The minimum absolute atomic E-state index is 0.597. The van der Waals surface area contributed by atoms with E-state index in [1.165, 1.54) is 19.3 Å². The van der Waals surface area contributed by atoms with Crippen LogP contribution in [0.4, 0.5) is 0 Å². The molecule has 2 unspecified atom stereocenters. The number of ether oxygens (including phenoxy) is 3. The van der Waals surface area contributed by atoms with Crippen LogP contribution in [0.2, 0.25) is 0 Å². The highest BCUT2D eigenvalue weighted by Gasteiger charge is 2.23. The van der Waals surface area contributed by atoms with Gasteiger partial charge in [0.1, 0.15) is 5.75 Å². The van der Waals surface area contributed by atoms with Gasteiger partial charge >= 0.3 is 0 Å². The first kappa shape index (κ1) is 16.3. The van der Waals surface area contributed by atoms with Gasteiger partial charge in [-0.3, -0.25) is 0 Å². The fraction of sp³-hybridized carbons (Fsp3) is 0.625. The summed E-state index contributed by atoms with van der Waals surface area (Å²) >= 11 is 1.98. The Morgan fingerprint density at radius 1 is 1.05 bits per heavy atom. The molecule has 21 heavy (non-hydrogen) atoms. The summed E-state index contributed by atoms with van der Waals surface area (Å²) in [5, 5.41) is 4.44. The van der Waals surface area contributed by atoms with Gasteiger partial charge in [0.25, 0.3) is 0 Å². The normalized spacial score (nSPS) is 21.3. The van der Waals surface area contributed by atoms with Crippen LogP contribution in [0.1, 0.15) is 24.8 Å². The van der Waals surface area contributed by atoms with Crippen LogP contribution in [0.15, 0.2) is 12.1 Å². The summed E-state index contributed by atoms with van der Waals surface area (Å²) in [6.45, 7) is 0.787. The highest BCUT2D eigenvalue weighted by molar-refractivity contribution is 7.99. The molecule has 0 spiro atoms. The first-order valence-electron chi connectivity index (χ1n) is 7.26. The molecular formula is C16H25NO3S. The molecule has 0 bridgehead atoms. The maximum absolute atomic E-state index is 5.47. The zero-order valence-corrected chi connectivity index (χ0v) is 14.1. The smallest absolute Gasteiger partial charge is 0.164 e. The molecule has 0 heterocycles. The molecule has 1 aliphatic carbocycles. The van der Waals surface area contributed by atoms with Crippen LogP contribution in [-0.2, 0) is 6.54 Å². The maximum Gasteiger partial charge on any atom is 0.164 e. The quantitative estimate of drug-likeness (QED) is 0.838. The second kappa shape index (κ2) is 7.80. The van der Waals surface area contributed by atoms with Gasteiger partial charge < -0.3 is 19.5 Å². The number of nitrogens with one attached hydrogen (secondary N) is 1. The summed E-state index contributed by atoms with van der Waals surface area (Å²) in [5.41, 5.74) is 1.10. The third-order valence-corrected chi connectivity index (χ3v) is 5.18. The number of thioether (sulfide) groups is 1. The molecule has 2 atom stereocenters. The van der Waals surface area contributed by atoms with Gasteiger partial charge in [-0.05, 0) is 31.6 Å². The molecule has 1 aliphatic rings. The van der Waals surface area contributed by atoms with E-state index in [4.69, 9.17) is 14.2 Å². The van der Waals surface area contributed by atoms with E-state index in [1.807, 2.05) is 23.9 Å². The molecule has 0 radical (unpaired) electrons. The number of benzene rings is 1. The van der Waals surface area contributed by atoms with Gasteiger partial charge in [-0.25, -0.2) is 0 Å². The molecule has 0 amide bonds. The minimum Gasteiger partial charge on any atom is -0.496 e. The number of hydrogen-bond acceptors (Lipinski definition) is 5. The lowest BCUT2D eigenvalue weighted by Crippen LogP contribution is -2.26. The summed E-state index contributed by atoms with van der Waals surface area (Å²) in [4.78, 5) is 0. The van der Waals surface area contributed by atoms with E-state index in [9.17, 15) is 0 Å². The molecule has 1 saturated carbocycles. The van der Waals surface area contributed by atoms with E-state index in [2.05, 4.69) is 11.6 Å². The van der Waals surface area contributed by atoms with E-state index in [0.29, 0.717) is 11.8 Å². The van der Waals surface area contributed by atoms with E-state index in [1.54, 1.807) is 21.3 Å². The first-order chi connectivity index (χ1) is 10.2. The van der Waals surface area contributed by atoms with E-state index >= 15 is 0 Å². The molecule has 118 valence electrons. The van der Waals surface area contributed by atoms with Crippen LogP contribution in [0.5, 0.6) is 17.2 Å². The van der Waals surface area contributed by atoms with Crippen molar-refractivity contribution in [3.8, 4) is 17.2 Å². The third kappa shape index (κ3) is 3.98. The van der Waals surface area contributed by atoms with E-state index in [-0.39, 0.29) is 0 Å². The first-order valence-corrected chi connectivity index (χ1v) is 8.55. The standard InChI is InChI=1S/C16H25NO3S/c1-18-14-9-16(20-3)15(19-2)7-11(14)10-17-12-5-6-13(8-12)21-4/h7,9,12-13,17H,5-6,8,10H2,1-4H3. The molecule has 1 N–H and O–H groups in total. The monoisotopic (exact) mass is 311 g/mol. The highest BCUT2D eigenvalue weighted by atomic mass is 32.2. The Morgan fingerprint density at radius 3 is 2.29 bits per heavy atom. The van der Waals surface area contributed by atoms with Crippen LogP contribution >= 0.6 is 11.8 Å². The second-order valence-corrected chi connectivity index (χ2v) is 6.41. The van der Waals surface area contributed by atoms with Gasteiger partial charge in [0.05, 0.1) is 21.3 Å². The lowest BCUT2D eigenvalue weighted by atomic mass is 10.1. The number of rotatable bonds is 7. The summed E-state index contributed by atoms with van der Waals surface area (Å²) in [7, 11) is 4.97. The topological polar surface area (TPSA) is 39.7 Å². The summed E-state index contributed by atoms with van der Waals surface area (Å²) in [6.07, 6.45) is 6.00. The zero-order chi connectivity index (χ0) is 15.2. The van der Waals surface area contributed by atoms with Gasteiger partial charge in [-0.15, -0.1) is 0 Å². The van der Waals surface area contributed by atoms with Crippen LogP contribution in [0.25, 0.3) is 0 Å². The van der Waals surface area contributed by atoms with E-state index < -0.39 is 0 Å². The Labute approximate surface area is 131 Å². The van der Waals surface area contributed by atoms with Crippen LogP contribution in [-0.4, -0.2) is 38.9 Å². The lowest BCUT2D eigenvalue weighted by molar-refractivity contribution is 0.346. The van der Waals surface area contributed by atoms with Crippen molar-refractivity contribution in [1.82, 2.24) is 5.32 Å². The van der Waals surface area contributed by atoms with Gasteiger partial charge in [0.15, 0.2) is 11.5 Å². The SMILES string of the molecule is COc1cc(OC)c(OC)cc1CNC1CCC(SC)C1. The molecule has 2 rings (SSSR count). The Balaban J connectivity index is 2.05. The van der Waals surface area contributed by atoms with Crippen molar-refractivity contribution in [3.63, 3.8) is 0 Å². The van der Waals surface area contributed by atoms with Crippen LogP contribution in [0.3, 0.4) is 0 Å². The third-order valence-electron chi connectivity index (χ3n) is 4.09. The van der Waals surface area contributed by atoms with Crippen molar-refractivity contribution in [1.29, 1.82) is 0 Å². The maximum atomic E-state index is 5.47. The Kier molecular flexibility index (Phi) is 6.06. The average molecular weight is 311 g/mol. The molecule has 5 heteroatoms. The van der Waals surface area contributed by atoms with Crippen molar-refractivity contribution in [2.75, 3.05) is 27.6 Å². The minimum atomic E-state index is 0.597. The predicted octanol–water partition coefficient (Wildman–Crippen LogP) is 3.09. The number of methoxy groups -OCH3 is 3. The largest absolute Gasteiger partial charge is 0.496 e. The van der Waals surface area contributed by atoms with Gasteiger partial charge in [0.2, 0.25) is 0 Å². The molecule has 0 aromatic heterocycles. The zero-order valence-electron chi connectivity index (χ0n) is 13.3. The van der Waals surface area contributed by atoms with Gasteiger partial charge in [0, 0.05) is 29.5 Å². The average Bonchev–Trinajstić information content (AvgIpc) is 2.99. The Bertz CT molecular complexity index is 467. The molecule has 0 saturated heterocycles. The molecule has 1 aromatic carbocycles. The fourth-order valence-electron chi connectivity index (χ4n) is 2.82. The second-order valence-electron chi connectivity index (χ2n) is 5.27. The molecule has 1 fully saturated rings. The van der Waals surface area contributed by atoms with Gasteiger partial charge in [-0.1, -0.05) is 0 Å². The predicted molar refractivity (Wildman–Crippen MR) is 87.9 cm³/mol. The summed E-state index contributed by atoms with van der Waals surface area (Å²) in [5.74, 6) is 2.27. The van der Waals surface area contributed by atoms with Crippen molar-refractivity contribution in [2.24, 2.45) is 0 Å². The molecule has 0 aliphatic heterocycles. The fourth-order valence-corrected chi connectivity index (χ4v) is 3.62. The highest BCUT2D eigenvalue weighted by Crippen LogP contribution is 2.35. The van der Waals surface area contributed by atoms with Crippen LogP contribution in [0, 0.1) is 0 Å². The van der Waals surface area contributed by atoms with Crippen molar-refractivity contribution in [3.05, 3.63) is 17.7 Å². The Hall–Kier alpha value is -1.07. The molecule has 1 aromatic rings. The van der Waals surface area contributed by atoms with E-state index in [0.717, 1.165) is 28.9 Å².